The molecule has 3 nitrogen and oxygen atoms in total. The van der Waals surface area contributed by atoms with Gasteiger partial charge in [0.25, 0.3) is 0 Å². The van der Waals surface area contributed by atoms with Crippen LogP contribution in [-0.4, -0.2) is 32.2 Å². The van der Waals surface area contributed by atoms with Crippen LogP contribution in [-0.2, 0) is 14.2 Å². The van der Waals surface area contributed by atoms with Gasteiger partial charge in [-0.25, -0.2) is 0 Å². The maximum atomic E-state index is 5.64. The number of unbranched alkanes of at least 4 members (excludes halogenated alkanes) is 1. The molecule has 2 unspecified atom stereocenters. The van der Waals surface area contributed by atoms with Crippen molar-refractivity contribution in [2.45, 2.75) is 52.4 Å². The molecule has 0 aliphatic rings. The lowest BCUT2D eigenvalue weighted by Gasteiger charge is -2.20. The highest BCUT2D eigenvalue weighted by Crippen LogP contribution is 2.05. The first-order chi connectivity index (χ1) is 7.74. The van der Waals surface area contributed by atoms with E-state index >= 15 is 0 Å². The van der Waals surface area contributed by atoms with Crippen molar-refractivity contribution >= 4 is 0 Å². The van der Waals surface area contributed by atoms with E-state index in [-0.39, 0.29) is 12.4 Å². The average molecular weight is 228 g/mol. The molecule has 16 heavy (non-hydrogen) atoms. The molecular weight excluding hydrogens is 204 g/mol. The summed E-state index contributed by atoms with van der Waals surface area (Å²) in [5.41, 5.74) is 0. The largest absolute Gasteiger partial charge is 0.379 e. The number of rotatable bonds is 10. The predicted octanol–water partition coefficient (Wildman–Crippen LogP) is 2.59. The zero-order valence-electron chi connectivity index (χ0n) is 10.7. The smallest absolute Gasteiger partial charge is 0.159 e. The van der Waals surface area contributed by atoms with Crippen molar-refractivity contribution < 1.29 is 14.2 Å². The molecule has 2 atom stereocenters. The van der Waals surface area contributed by atoms with E-state index in [4.69, 9.17) is 20.6 Å². The van der Waals surface area contributed by atoms with Gasteiger partial charge in [-0.3, -0.25) is 0 Å². The van der Waals surface area contributed by atoms with Gasteiger partial charge in [-0.2, -0.15) is 0 Å². The second-order valence-corrected chi connectivity index (χ2v) is 3.73. The molecule has 0 aliphatic heterocycles. The maximum absolute atomic E-state index is 5.64. The van der Waals surface area contributed by atoms with Gasteiger partial charge in [-0.05, 0) is 19.8 Å². The molecule has 0 rings (SSSR count). The van der Waals surface area contributed by atoms with Gasteiger partial charge in [-0.15, -0.1) is 6.42 Å². The molecule has 0 heterocycles. The van der Waals surface area contributed by atoms with Gasteiger partial charge in [0.15, 0.2) is 6.29 Å². The van der Waals surface area contributed by atoms with Crippen molar-refractivity contribution in [2.24, 2.45) is 0 Å². The Morgan fingerprint density at radius 2 is 2.06 bits per heavy atom. The van der Waals surface area contributed by atoms with E-state index in [2.05, 4.69) is 12.8 Å². The van der Waals surface area contributed by atoms with E-state index in [1.807, 2.05) is 13.8 Å². The molecule has 0 spiro atoms. The molecule has 0 aromatic carbocycles. The zero-order valence-corrected chi connectivity index (χ0v) is 10.7. The lowest BCUT2D eigenvalue weighted by molar-refractivity contribution is -0.172. The molecule has 0 bridgehead atoms. The Balaban J connectivity index is 3.57. The fourth-order valence-electron chi connectivity index (χ4n) is 1.19. The van der Waals surface area contributed by atoms with Crippen molar-refractivity contribution in [3.8, 4) is 12.3 Å². The summed E-state index contributed by atoms with van der Waals surface area (Å²) >= 11 is 0. The molecule has 0 saturated carbocycles. The van der Waals surface area contributed by atoms with E-state index in [1.165, 1.54) is 0 Å². The molecule has 0 aliphatic carbocycles. The normalized spacial score (nSPS) is 14.4. The van der Waals surface area contributed by atoms with Gasteiger partial charge in [0, 0.05) is 6.61 Å². The first-order valence-corrected chi connectivity index (χ1v) is 6.02. The van der Waals surface area contributed by atoms with E-state index in [9.17, 15) is 0 Å². The van der Waals surface area contributed by atoms with E-state index in [0.717, 1.165) is 25.9 Å². The van der Waals surface area contributed by atoms with E-state index < -0.39 is 0 Å². The second-order valence-electron chi connectivity index (χ2n) is 3.73. The lowest BCUT2D eigenvalue weighted by Crippen LogP contribution is -2.26. The summed E-state index contributed by atoms with van der Waals surface area (Å²) < 4.78 is 16.4. The Morgan fingerprint density at radius 1 is 1.31 bits per heavy atom. The second kappa shape index (κ2) is 10.9. The van der Waals surface area contributed by atoms with Gasteiger partial charge in [0.05, 0.1) is 12.7 Å². The summed E-state index contributed by atoms with van der Waals surface area (Å²) in [6.07, 6.45) is 7.98. The van der Waals surface area contributed by atoms with Crippen molar-refractivity contribution in [1.82, 2.24) is 0 Å². The monoisotopic (exact) mass is 228 g/mol. The van der Waals surface area contributed by atoms with Gasteiger partial charge in [-0.1, -0.05) is 26.2 Å². The summed E-state index contributed by atoms with van der Waals surface area (Å²) in [6, 6.07) is 0. The topological polar surface area (TPSA) is 27.7 Å². The number of ether oxygens (including phenoxy) is 3. The molecule has 0 aromatic rings. The summed E-state index contributed by atoms with van der Waals surface area (Å²) in [5.74, 6) is 2.43. The Kier molecular flexibility index (Phi) is 10.6. The number of hydrogen-bond acceptors (Lipinski definition) is 3. The third kappa shape index (κ3) is 8.72. The number of terminal acetylenes is 1. The predicted molar refractivity (Wildman–Crippen MR) is 65.1 cm³/mol. The van der Waals surface area contributed by atoms with Crippen molar-refractivity contribution in [2.75, 3.05) is 19.8 Å². The summed E-state index contributed by atoms with van der Waals surface area (Å²) in [5, 5.41) is 0. The maximum Gasteiger partial charge on any atom is 0.159 e. The van der Waals surface area contributed by atoms with E-state index in [0.29, 0.717) is 13.2 Å². The highest BCUT2D eigenvalue weighted by molar-refractivity contribution is 4.83. The molecule has 3 heteroatoms. The Labute approximate surface area is 99.5 Å². The third-order valence-electron chi connectivity index (χ3n) is 2.06. The Hall–Kier alpha value is -0.560. The SMILES string of the molecule is C#CCOC(CC)OC(C)COCCCC. The van der Waals surface area contributed by atoms with Crippen LogP contribution in [0.4, 0.5) is 0 Å². The van der Waals surface area contributed by atoms with Gasteiger partial charge in [0.1, 0.15) is 6.61 Å². The summed E-state index contributed by atoms with van der Waals surface area (Å²) in [7, 11) is 0. The molecule has 0 N–H and O–H groups in total. The minimum Gasteiger partial charge on any atom is -0.379 e. The Morgan fingerprint density at radius 3 is 2.62 bits per heavy atom. The van der Waals surface area contributed by atoms with Gasteiger partial charge >= 0.3 is 0 Å². The average Bonchev–Trinajstić information content (AvgIpc) is 2.30. The fraction of sp³-hybridized carbons (Fsp3) is 0.846. The van der Waals surface area contributed by atoms with Crippen LogP contribution in [0.15, 0.2) is 0 Å². The van der Waals surface area contributed by atoms with Crippen molar-refractivity contribution in [3.63, 3.8) is 0 Å². The quantitative estimate of drug-likeness (QED) is 0.327. The van der Waals surface area contributed by atoms with Gasteiger partial charge in [0.2, 0.25) is 0 Å². The molecule has 0 aromatic heterocycles. The number of hydrogen-bond donors (Lipinski definition) is 0. The Bertz CT molecular complexity index is 186. The van der Waals surface area contributed by atoms with E-state index in [1.54, 1.807) is 0 Å². The van der Waals surface area contributed by atoms with Crippen LogP contribution in [0.1, 0.15) is 40.0 Å². The molecular formula is C13H24O3. The minimum absolute atomic E-state index is 0.0413. The summed E-state index contributed by atoms with van der Waals surface area (Å²) in [6.45, 7) is 7.83. The van der Waals surface area contributed by atoms with Crippen molar-refractivity contribution in [3.05, 3.63) is 0 Å². The first-order valence-electron chi connectivity index (χ1n) is 6.02. The van der Waals surface area contributed by atoms with Crippen LogP contribution >= 0.6 is 0 Å². The van der Waals surface area contributed by atoms with Crippen LogP contribution in [0.2, 0.25) is 0 Å². The highest BCUT2D eigenvalue weighted by Gasteiger charge is 2.11. The molecule has 0 fully saturated rings. The third-order valence-corrected chi connectivity index (χ3v) is 2.06. The molecule has 94 valence electrons. The zero-order chi connectivity index (χ0) is 12.2. The van der Waals surface area contributed by atoms with Crippen LogP contribution in [0.5, 0.6) is 0 Å². The highest BCUT2D eigenvalue weighted by atomic mass is 16.7. The molecule has 0 radical (unpaired) electrons. The molecule has 0 amide bonds. The van der Waals surface area contributed by atoms with Crippen LogP contribution in [0.3, 0.4) is 0 Å². The first kappa shape index (κ1) is 15.4. The lowest BCUT2D eigenvalue weighted by atomic mass is 10.3. The van der Waals surface area contributed by atoms with Crippen LogP contribution in [0, 0.1) is 12.3 Å². The van der Waals surface area contributed by atoms with Crippen LogP contribution in [0.25, 0.3) is 0 Å². The fourth-order valence-corrected chi connectivity index (χ4v) is 1.19. The minimum atomic E-state index is -0.221. The standard InChI is InChI=1S/C13H24O3/c1-5-8-10-14-11-12(4)16-13(7-3)15-9-6-2/h2,12-13H,5,7-11H2,1,3-4H3. The molecule has 0 saturated heterocycles. The van der Waals surface area contributed by atoms with Crippen molar-refractivity contribution in [1.29, 1.82) is 0 Å². The summed E-state index contributed by atoms with van der Waals surface area (Å²) in [4.78, 5) is 0. The van der Waals surface area contributed by atoms with Gasteiger partial charge < -0.3 is 14.2 Å². The van der Waals surface area contributed by atoms with Crippen LogP contribution < -0.4 is 0 Å².